The Bertz CT molecular complexity index is 975. The van der Waals surface area contributed by atoms with Gasteiger partial charge in [0.25, 0.3) is 5.91 Å². The average molecular weight is 465 g/mol. The third-order valence-corrected chi connectivity index (χ3v) is 6.41. The second kappa shape index (κ2) is 7.21. The zero-order chi connectivity index (χ0) is 19.9. The average Bonchev–Trinajstić information content (AvgIpc) is 3.08. The smallest absolute Gasteiger partial charge is 0.325 e. The number of hydrogen-bond donors (Lipinski definition) is 1. The molecule has 2 aliphatic heterocycles. The fourth-order valence-corrected chi connectivity index (χ4v) is 4.51. The standard InChI is InChI=1S/C19H17BrN2O5S/c1-19(11-3-4-13-14(9-11)27-8-2-7-26-13)17(24)22(18(25)21-19)10-12(23)15-5-6-16(20)28-15/h3-6,9H,2,7-8,10H2,1H3,(H,21,25)/t19-/m0/s1. The van der Waals surface area contributed by atoms with E-state index in [-0.39, 0.29) is 12.3 Å². The zero-order valence-electron chi connectivity index (χ0n) is 15.0. The first-order valence-electron chi connectivity index (χ1n) is 8.71. The number of ether oxygens (including phenoxy) is 2. The maximum atomic E-state index is 13.1. The Balaban J connectivity index is 1.59. The molecule has 7 nitrogen and oxygen atoms in total. The van der Waals surface area contributed by atoms with Crippen molar-refractivity contribution in [2.24, 2.45) is 0 Å². The van der Waals surface area contributed by atoms with Crippen LogP contribution in [0.2, 0.25) is 0 Å². The third-order valence-electron chi connectivity index (χ3n) is 4.75. The molecule has 0 aliphatic carbocycles. The van der Waals surface area contributed by atoms with E-state index in [2.05, 4.69) is 21.2 Å². The van der Waals surface area contributed by atoms with Crippen LogP contribution in [0, 0.1) is 0 Å². The number of fused-ring (bicyclic) bond motifs is 1. The Kier molecular flexibility index (Phi) is 4.88. The molecular weight excluding hydrogens is 448 g/mol. The molecule has 28 heavy (non-hydrogen) atoms. The number of rotatable bonds is 4. The van der Waals surface area contributed by atoms with Crippen LogP contribution >= 0.6 is 27.3 Å². The lowest BCUT2D eigenvalue weighted by atomic mass is 9.91. The summed E-state index contributed by atoms with van der Waals surface area (Å²) in [7, 11) is 0. The van der Waals surface area contributed by atoms with Crippen molar-refractivity contribution in [1.29, 1.82) is 0 Å². The van der Waals surface area contributed by atoms with E-state index in [0.717, 1.165) is 15.1 Å². The van der Waals surface area contributed by atoms with Crippen molar-refractivity contribution in [2.45, 2.75) is 18.9 Å². The number of carbonyl (C=O) groups excluding carboxylic acids is 3. The lowest BCUT2D eigenvalue weighted by molar-refractivity contribution is -0.130. The van der Waals surface area contributed by atoms with Gasteiger partial charge in [0.05, 0.1) is 28.4 Å². The number of hydrogen-bond acceptors (Lipinski definition) is 6. The minimum Gasteiger partial charge on any atom is -0.490 e. The van der Waals surface area contributed by atoms with Crippen LogP contribution in [0.1, 0.15) is 28.6 Å². The summed E-state index contributed by atoms with van der Waals surface area (Å²) in [5, 5.41) is 2.71. The van der Waals surface area contributed by atoms with Crippen LogP contribution in [0.3, 0.4) is 0 Å². The molecule has 1 aromatic carbocycles. The predicted molar refractivity (Wildman–Crippen MR) is 106 cm³/mol. The SMILES string of the molecule is C[C@@]1(c2ccc3c(c2)OCCCO3)NC(=O)N(CC(=O)c2ccc(Br)s2)C1=O. The topological polar surface area (TPSA) is 84.9 Å². The molecule has 0 unspecified atom stereocenters. The lowest BCUT2D eigenvalue weighted by Crippen LogP contribution is -2.41. The summed E-state index contributed by atoms with van der Waals surface area (Å²) in [6.07, 6.45) is 0.770. The summed E-state index contributed by atoms with van der Waals surface area (Å²) in [5.41, 5.74) is -0.707. The first-order chi connectivity index (χ1) is 13.4. The highest BCUT2D eigenvalue weighted by molar-refractivity contribution is 9.11. The highest BCUT2D eigenvalue weighted by atomic mass is 79.9. The molecule has 1 aromatic heterocycles. The van der Waals surface area contributed by atoms with E-state index in [4.69, 9.17) is 9.47 Å². The Morgan fingerprint density at radius 1 is 1.21 bits per heavy atom. The van der Waals surface area contributed by atoms with Gasteiger partial charge in [-0.05, 0) is 52.7 Å². The molecule has 0 spiro atoms. The number of amides is 3. The molecule has 1 fully saturated rings. The molecule has 1 saturated heterocycles. The van der Waals surface area contributed by atoms with Crippen molar-refractivity contribution >= 4 is 45.0 Å². The molecular formula is C19H17BrN2O5S. The number of benzene rings is 1. The number of thiophene rings is 1. The van der Waals surface area contributed by atoms with Crippen molar-refractivity contribution < 1.29 is 23.9 Å². The number of carbonyl (C=O) groups is 3. The Morgan fingerprint density at radius 2 is 1.96 bits per heavy atom. The second-order valence-electron chi connectivity index (χ2n) is 6.69. The summed E-state index contributed by atoms with van der Waals surface area (Å²) in [4.78, 5) is 39.4. The van der Waals surface area contributed by atoms with Gasteiger partial charge in [-0.15, -0.1) is 11.3 Å². The van der Waals surface area contributed by atoms with Gasteiger partial charge in [-0.2, -0.15) is 0 Å². The molecule has 146 valence electrons. The minimum atomic E-state index is -1.28. The fourth-order valence-electron chi connectivity index (χ4n) is 3.20. The van der Waals surface area contributed by atoms with Crippen LogP contribution in [0.5, 0.6) is 11.5 Å². The van der Waals surface area contributed by atoms with E-state index in [9.17, 15) is 14.4 Å². The van der Waals surface area contributed by atoms with E-state index in [1.165, 1.54) is 11.3 Å². The van der Waals surface area contributed by atoms with Crippen LogP contribution in [0.25, 0.3) is 0 Å². The molecule has 4 rings (SSSR count). The number of halogens is 1. The van der Waals surface area contributed by atoms with Gasteiger partial charge < -0.3 is 14.8 Å². The molecule has 9 heteroatoms. The van der Waals surface area contributed by atoms with E-state index in [0.29, 0.717) is 35.2 Å². The number of ketones is 1. The Labute approximate surface area is 173 Å². The van der Waals surface area contributed by atoms with Gasteiger partial charge in [-0.3, -0.25) is 14.5 Å². The van der Waals surface area contributed by atoms with Crippen molar-refractivity contribution in [1.82, 2.24) is 10.2 Å². The number of imide groups is 1. The van der Waals surface area contributed by atoms with Gasteiger partial charge in [0.2, 0.25) is 0 Å². The Hall–Kier alpha value is -2.39. The number of Topliss-reactive ketones (excluding diaryl/α,β-unsaturated/α-hetero) is 1. The van der Waals surface area contributed by atoms with Gasteiger partial charge in [0.1, 0.15) is 5.54 Å². The summed E-state index contributed by atoms with van der Waals surface area (Å²) >= 11 is 4.57. The zero-order valence-corrected chi connectivity index (χ0v) is 17.4. The largest absolute Gasteiger partial charge is 0.490 e. The van der Waals surface area contributed by atoms with E-state index in [1.54, 1.807) is 37.3 Å². The summed E-state index contributed by atoms with van der Waals surface area (Å²) in [6, 6.07) is 8.00. The number of nitrogens with one attached hydrogen (secondary N) is 1. The minimum absolute atomic E-state index is 0.290. The molecule has 3 amide bonds. The molecule has 2 aromatic rings. The molecule has 0 saturated carbocycles. The van der Waals surface area contributed by atoms with Gasteiger partial charge in [0, 0.05) is 6.42 Å². The van der Waals surface area contributed by atoms with Crippen molar-refractivity contribution in [3.8, 4) is 11.5 Å². The quantitative estimate of drug-likeness (QED) is 0.553. The van der Waals surface area contributed by atoms with Gasteiger partial charge in [0.15, 0.2) is 17.3 Å². The molecule has 2 aliphatic rings. The summed E-state index contributed by atoms with van der Waals surface area (Å²) in [5.74, 6) is 0.381. The monoisotopic (exact) mass is 464 g/mol. The second-order valence-corrected chi connectivity index (χ2v) is 9.15. The number of nitrogens with zero attached hydrogens (tertiary/aromatic N) is 1. The van der Waals surface area contributed by atoms with Gasteiger partial charge in [-0.25, -0.2) is 4.79 Å². The normalized spacial score (nSPS) is 21.4. The third kappa shape index (κ3) is 3.29. The van der Waals surface area contributed by atoms with Gasteiger partial charge in [-0.1, -0.05) is 6.07 Å². The van der Waals surface area contributed by atoms with Crippen LogP contribution in [0.15, 0.2) is 34.1 Å². The first kappa shape index (κ1) is 18.9. The van der Waals surface area contributed by atoms with Crippen LogP contribution in [0.4, 0.5) is 4.79 Å². The van der Waals surface area contributed by atoms with E-state index < -0.39 is 17.5 Å². The van der Waals surface area contributed by atoms with Crippen molar-refractivity contribution in [3.63, 3.8) is 0 Å². The molecule has 0 bridgehead atoms. The highest BCUT2D eigenvalue weighted by Gasteiger charge is 2.49. The number of urea groups is 1. The maximum Gasteiger partial charge on any atom is 0.325 e. The Morgan fingerprint density at radius 3 is 2.68 bits per heavy atom. The van der Waals surface area contributed by atoms with E-state index in [1.807, 2.05) is 0 Å². The molecule has 0 radical (unpaired) electrons. The van der Waals surface area contributed by atoms with Gasteiger partial charge >= 0.3 is 6.03 Å². The van der Waals surface area contributed by atoms with Crippen molar-refractivity contribution in [3.05, 3.63) is 44.6 Å². The summed E-state index contributed by atoms with van der Waals surface area (Å²) < 4.78 is 12.1. The molecule has 3 heterocycles. The van der Waals surface area contributed by atoms with Crippen LogP contribution in [-0.2, 0) is 10.3 Å². The van der Waals surface area contributed by atoms with Crippen molar-refractivity contribution in [2.75, 3.05) is 19.8 Å². The molecule has 1 atom stereocenters. The van der Waals surface area contributed by atoms with E-state index >= 15 is 0 Å². The highest BCUT2D eigenvalue weighted by Crippen LogP contribution is 2.36. The van der Waals surface area contributed by atoms with Crippen LogP contribution in [-0.4, -0.2) is 42.4 Å². The lowest BCUT2D eigenvalue weighted by Gasteiger charge is -2.23. The van der Waals surface area contributed by atoms with Crippen LogP contribution < -0.4 is 14.8 Å². The summed E-state index contributed by atoms with van der Waals surface area (Å²) in [6.45, 7) is 2.40. The first-order valence-corrected chi connectivity index (χ1v) is 10.3. The fraction of sp³-hybridized carbons (Fsp3) is 0.316. The predicted octanol–water partition coefficient (Wildman–Crippen LogP) is 3.32. The maximum absolute atomic E-state index is 13.1. The molecule has 1 N–H and O–H groups in total.